The molecule has 0 aliphatic carbocycles. The van der Waals surface area contributed by atoms with Crippen LogP contribution in [0.3, 0.4) is 0 Å². The van der Waals surface area contributed by atoms with E-state index in [-0.39, 0.29) is 30.1 Å². The van der Waals surface area contributed by atoms with Gasteiger partial charge in [0.05, 0.1) is 12.5 Å². The smallest absolute Gasteiger partial charge is 0.227 e. The molecule has 2 heterocycles. The maximum atomic E-state index is 13.3. The Morgan fingerprint density at radius 2 is 2.26 bits per heavy atom. The number of carbonyl (C=O) groups is 1. The maximum absolute atomic E-state index is 13.3. The number of nitrogens with zero attached hydrogens (tertiary/aromatic N) is 2. The van der Waals surface area contributed by atoms with E-state index in [2.05, 4.69) is 5.16 Å². The van der Waals surface area contributed by atoms with E-state index >= 15 is 0 Å². The second-order valence-electron chi connectivity index (χ2n) is 6.36. The van der Waals surface area contributed by atoms with E-state index < -0.39 is 0 Å². The summed E-state index contributed by atoms with van der Waals surface area (Å²) in [5, 5.41) is 4.14. The van der Waals surface area contributed by atoms with Gasteiger partial charge in [-0.2, -0.15) is 0 Å². The molecular formula is C18H21FN2O2. The van der Waals surface area contributed by atoms with Crippen molar-refractivity contribution < 1.29 is 13.7 Å². The number of benzene rings is 1. The number of halogens is 1. The van der Waals surface area contributed by atoms with Crippen molar-refractivity contribution in [3.05, 3.63) is 53.2 Å². The van der Waals surface area contributed by atoms with Gasteiger partial charge in [0.2, 0.25) is 5.91 Å². The standard InChI is InChI=1S/C18H21FN2O2/c1-12(2)17-11-15(20-23-17)16-7-4-8-21(16)18(22)10-13-5-3-6-14(19)9-13/h3,5-6,9,11-12,16H,4,7-8,10H2,1-2H3/t16-/m1/s1. The number of rotatable bonds is 4. The first-order chi connectivity index (χ1) is 11.0. The van der Waals surface area contributed by atoms with Gasteiger partial charge >= 0.3 is 0 Å². The zero-order valence-corrected chi connectivity index (χ0v) is 13.5. The average Bonchev–Trinajstić information content (AvgIpc) is 3.16. The largest absolute Gasteiger partial charge is 0.361 e. The van der Waals surface area contributed by atoms with Gasteiger partial charge in [0, 0.05) is 18.5 Å². The van der Waals surface area contributed by atoms with Crippen LogP contribution in [0.15, 0.2) is 34.9 Å². The Morgan fingerprint density at radius 1 is 1.43 bits per heavy atom. The molecule has 122 valence electrons. The molecular weight excluding hydrogens is 295 g/mol. The predicted molar refractivity (Wildman–Crippen MR) is 84.4 cm³/mol. The Kier molecular flexibility index (Phi) is 4.46. The first kappa shape index (κ1) is 15.7. The van der Waals surface area contributed by atoms with E-state index in [1.807, 2.05) is 24.8 Å². The van der Waals surface area contributed by atoms with E-state index in [1.54, 1.807) is 12.1 Å². The molecule has 1 aliphatic heterocycles. The maximum Gasteiger partial charge on any atom is 0.227 e. The highest BCUT2D eigenvalue weighted by molar-refractivity contribution is 5.79. The predicted octanol–water partition coefficient (Wildman–Crippen LogP) is 3.84. The third-order valence-electron chi connectivity index (χ3n) is 4.27. The van der Waals surface area contributed by atoms with E-state index in [1.165, 1.54) is 12.1 Å². The number of amides is 1. The molecule has 0 unspecified atom stereocenters. The summed E-state index contributed by atoms with van der Waals surface area (Å²) < 4.78 is 18.6. The number of hydrogen-bond acceptors (Lipinski definition) is 3. The molecule has 2 aromatic rings. The van der Waals surface area contributed by atoms with Crippen LogP contribution in [-0.4, -0.2) is 22.5 Å². The molecule has 5 heteroatoms. The summed E-state index contributed by atoms with van der Waals surface area (Å²) in [6.45, 7) is 4.81. The molecule has 1 aromatic carbocycles. The summed E-state index contributed by atoms with van der Waals surface area (Å²) in [4.78, 5) is 14.4. The van der Waals surface area contributed by atoms with E-state index in [0.29, 0.717) is 12.1 Å². The van der Waals surface area contributed by atoms with E-state index in [0.717, 1.165) is 24.3 Å². The van der Waals surface area contributed by atoms with E-state index in [4.69, 9.17) is 4.52 Å². The molecule has 0 N–H and O–H groups in total. The van der Waals surface area contributed by atoms with Crippen molar-refractivity contribution in [1.82, 2.24) is 10.1 Å². The Bertz CT molecular complexity index is 696. The quantitative estimate of drug-likeness (QED) is 0.861. The van der Waals surface area contributed by atoms with Crippen molar-refractivity contribution >= 4 is 5.91 Å². The van der Waals surface area contributed by atoms with Gasteiger partial charge in [0.15, 0.2) is 0 Å². The lowest BCUT2D eigenvalue weighted by Crippen LogP contribution is -2.32. The molecule has 1 atom stereocenters. The minimum atomic E-state index is -0.314. The summed E-state index contributed by atoms with van der Waals surface area (Å²) >= 11 is 0. The summed E-state index contributed by atoms with van der Waals surface area (Å²) in [6, 6.07) is 8.12. The molecule has 0 saturated carbocycles. The van der Waals surface area contributed by atoms with Gasteiger partial charge in [-0.3, -0.25) is 4.79 Å². The fraction of sp³-hybridized carbons (Fsp3) is 0.444. The van der Waals surface area contributed by atoms with Crippen LogP contribution in [0.5, 0.6) is 0 Å². The SMILES string of the molecule is CC(C)c1cc([C@H]2CCCN2C(=O)Cc2cccc(F)c2)no1. The summed E-state index contributed by atoms with van der Waals surface area (Å²) in [5.74, 6) is 0.803. The number of aromatic nitrogens is 1. The molecule has 1 saturated heterocycles. The molecule has 4 nitrogen and oxygen atoms in total. The minimum absolute atomic E-state index is 0.00666. The van der Waals surface area contributed by atoms with Gasteiger partial charge in [-0.1, -0.05) is 31.1 Å². The highest BCUT2D eigenvalue weighted by Crippen LogP contribution is 2.33. The zero-order chi connectivity index (χ0) is 16.4. The molecule has 23 heavy (non-hydrogen) atoms. The van der Waals surface area contributed by atoms with Gasteiger partial charge < -0.3 is 9.42 Å². The van der Waals surface area contributed by atoms with Crippen molar-refractivity contribution in [2.75, 3.05) is 6.54 Å². The molecule has 1 aliphatic rings. The van der Waals surface area contributed by atoms with Gasteiger partial charge in [-0.25, -0.2) is 4.39 Å². The Morgan fingerprint density at radius 3 is 2.96 bits per heavy atom. The topological polar surface area (TPSA) is 46.3 Å². The Labute approximate surface area is 135 Å². The molecule has 0 bridgehead atoms. The third-order valence-corrected chi connectivity index (χ3v) is 4.27. The van der Waals surface area contributed by atoms with Crippen LogP contribution in [0.25, 0.3) is 0 Å². The lowest BCUT2D eigenvalue weighted by atomic mass is 10.1. The molecule has 3 rings (SSSR count). The van der Waals surface area contributed by atoms with Gasteiger partial charge in [0.1, 0.15) is 17.3 Å². The highest BCUT2D eigenvalue weighted by Gasteiger charge is 2.32. The summed E-state index contributed by atoms with van der Waals surface area (Å²) in [6.07, 6.45) is 2.05. The van der Waals surface area contributed by atoms with Crippen LogP contribution in [0.2, 0.25) is 0 Å². The number of carbonyl (C=O) groups excluding carboxylic acids is 1. The van der Waals surface area contributed by atoms with E-state index in [9.17, 15) is 9.18 Å². The lowest BCUT2D eigenvalue weighted by molar-refractivity contribution is -0.131. The monoisotopic (exact) mass is 316 g/mol. The highest BCUT2D eigenvalue weighted by atomic mass is 19.1. The Balaban J connectivity index is 1.74. The Hall–Kier alpha value is -2.17. The van der Waals surface area contributed by atoms with Gasteiger partial charge in [0.25, 0.3) is 0 Å². The average molecular weight is 316 g/mol. The van der Waals surface area contributed by atoms with Crippen molar-refractivity contribution in [2.24, 2.45) is 0 Å². The second kappa shape index (κ2) is 6.52. The van der Waals surface area contributed by atoms with Crippen LogP contribution in [0.4, 0.5) is 4.39 Å². The van der Waals surface area contributed by atoms with Gasteiger partial charge in [-0.05, 0) is 30.5 Å². The zero-order valence-electron chi connectivity index (χ0n) is 13.5. The molecule has 1 aromatic heterocycles. The van der Waals surface area contributed by atoms with Crippen molar-refractivity contribution in [3.63, 3.8) is 0 Å². The minimum Gasteiger partial charge on any atom is -0.361 e. The first-order valence-electron chi connectivity index (χ1n) is 8.05. The van der Waals surface area contributed by atoms with Crippen LogP contribution in [0.1, 0.15) is 55.7 Å². The molecule has 0 spiro atoms. The molecule has 1 amide bonds. The van der Waals surface area contributed by atoms with Crippen LogP contribution in [0, 0.1) is 5.82 Å². The number of likely N-dealkylation sites (tertiary alicyclic amines) is 1. The number of hydrogen-bond donors (Lipinski definition) is 0. The van der Waals surface area contributed by atoms with Crippen LogP contribution < -0.4 is 0 Å². The van der Waals surface area contributed by atoms with Crippen molar-refractivity contribution in [3.8, 4) is 0 Å². The van der Waals surface area contributed by atoms with Crippen LogP contribution >= 0.6 is 0 Å². The lowest BCUT2D eigenvalue weighted by Gasteiger charge is -2.23. The third kappa shape index (κ3) is 3.44. The second-order valence-corrected chi connectivity index (χ2v) is 6.36. The summed E-state index contributed by atoms with van der Waals surface area (Å²) in [5.41, 5.74) is 1.52. The first-order valence-corrected chi connectivity index (χ1v) is 8.05. The normalized spacial score (nSPS) is 17.9. The summed E-state index contributed by atoms with van der Waals surface area (Å²) in [7, 11) is 0. The van der Waals surface area contributed by atoms with Crippen molar-refractivity contribution in [1.29, 1.82) is 0 Å². The van der Waals surface area contributed by atoms with Crippen LogP contribution in [-0.2, 0) is 11.2 Å². The van der Waals surface area contributed by atoms with Crippen molar-refractivity contribution in [2.45, 2.75) is 45.1 Å². The fourth-order valence-electron chi connectivity index (χ4n) is 3.03. The molecule has 0 radical (unpaired) electrons. The fourth-order valence-corrected chi connectivity index (χ4v) is 3.03. The van der Waals surface area contributed by atoms with Gasteiger partial charge in [-0.15, -0.1) is 0 Å². The molecule has 1 fully saturated rings.